The Bertz CT molecular complexity index is 672. The van der Waals surface area contributed by atoms with Gasteiger partial charge in [-0.2, -0.15) is 0 Å². The zero-order valence-corrected chi connectivity index (χ0v) is 15.2. The van der Waals surface area contributed by atoms with Gasteiger partial charge in [0, 0.05) is 25.8 Å². The zero-order valence-electron chi connectivity index (χ0n) is 13.6. The fourth-order valence-electron chi connectivity index (χ4n) is 1.65. The second-order valence-electron chi connectivity index (χ2n) is 5.35. The fourth-order valence-corrected chi connectivity index (χ4v) is 2.79. The molecule has 23 heavy (non-hydrogen) atoms. The van der Waals surface area contributed by atoms with Crippen LogP contribution in [0, 0.1) is 0 Å². The van der Waals surface area contributed by atoms with E-state index in [-0.39, 0.29) is 28.5 Å². The summed E-state index contributed by atoms with van der Waals surface area (Å²) >= 11 is 5.09. The number of nitrogens with zero attached hydrogens (tertiary/aromatic N) is 1. The number of nitrogens with one attached hydrogen (secondary N) is 3. The summed E-state index contributed by atoms with van der Waals surface area (Å²) in [5, 5.41) is 8.59. The van der Waals surface area contributed by atoms with Gasteiger partial charge in [0.25, 0.3) is 0 Å². The van der Waals surface area contributed by atoms with E-state index in [0.717, 1.165) is 4.31 Å². The van der Waals surface area contributed by atoms with Crippen molar-refractivity contribution < 1.29 is 13.2 Å². The van der Waals surface area contributed by atoms with Crippen LogP contribution < -0.4 is 16.0 Å². The molecule has 0 saturated carbocycles. The Balaban J connectivity index is 2.68. The van der Waals surface area contributed by atoms with Crippen LogP contribution in [0.5, 0.6) is 0 Å². The Morgan fingerprint density at radius 2 is 1.96 bits per heavy atom. The molecule has 0 unspecified atom stereocenters. The van der Waals surface area contributed by atoms with E-state index in [2.05, 4.69) is 16.0 Å². The Kier molecular flexibility index (Phi) is 6.92. The Morgan fingerprint density at radius 1 is 1.30 bits per heavy atom. The largest absolute Gasteiger partial charge is 0.353 e. The van der Waals surface area contributed by atoms with E-state index in [1.54, 1.807) is 12.1 Å². The van der Waals surface area contributed by atoms with Crippen molar-refractivity contribution in [2.45, 2.75) is 24.8 Å². The normalized spacial score (nSPS) is 11.4. The highest BCUT2D eigenvalue weighted by Crippen LogP contribution is 2.17. The van der Waals surface area contributed by atoms with E-state index < -0.39 is 10.0 Å². The van der Waals surface area contributed by atoms with Gasteiger partial charge in [-0.1, -0.05) is 6.07 Å². The van der Waals surface area contributed by atoms with Crippen LogP contribution in [0.2, 0.25) is 0 Å². The topological polar surface area (TPSA) is 90.5 Å². The van der Waals surface area contributed by atoms with Gasteiger partial charge in [0.15, 0.2) is 5.11 Å². The minimum Gasteiger partial charge on any atom is -0.353 e. The van der Waals surface area contributed by atoms with Crippen molar-refractivity contribution in [3.63, 3.8) is 0 Å². The van der Waals surface area contributed by atoms with Crippen molar-refractivity contribution in [3.05, 3.63) is 24.3 Å². The van der Waals surface area contributed by atoms with E-state index >= 15 is 0 Å². The fraction of sp³-hybridized carbons (Fsp3) is 0.429. The lowest BCUT2D eigenvalue weighted by molar-refractivity contribution is -0.120. The van der Waals surface area contributed by atoms with Crippen molar-refractivity contribution in [2.24, 2.45) is 0 Å². The highest BCUT2D eigenvalue weighted by Gasteiger charge is 2.17. The van der Waals surface area contributed by atoms with E-state index in [4.69, 9.17) is 12.2 Å². The molecule has 128 valence electrons. The molecular weight excluding hydrogens is 336 g/mol. The van der Waals surface area contributed by atoms with Gasteiger partial charge >= 0.3 is 0 Å². The second-order valence-corrected chi connectivity index (χ2v) is 7.91. The van der Waals surface area contributed by atoms with Gasteiger partial charge in [-0.3, -0.25) is 4.79 Å². The number of carbonyl (C=O) groups excluding carboxylic acids is 1. The maximum absolute atomic E-state index is 12.1. The molecule has 0 aromatic heterocycles. The number of anilines is 1. The summed E-state index contributed by atoms with van der Waals surface area (Å²) < 4.78 is 25.3. The van der Waals surface area contributed by atoms with Gasteiger partial charge in [0.05, 0.1) is 11.4 Å². The minimum atomic E-state index is -3.51. The molecule has 0 fully saturated rings. The predicted molar refractivity (Wildman–Crippen MR) is 94.8 cm³/mol. The van der Waals surface area contributed by atoms with Crippen molar-refractivity contribution >= 4 is 38.9 Å². The number of hydrogen-bond donors (Lipinski definition) is 3. The van der Waals surface area contributed by atoms with Gasteiger partial charge in [-0.25, -0.2) is 12.7 Å². The molecule has 3 N–H and O–H groups in total. The van der Waals surface area contributed by atoms with Crippen LogP contribution in [0.3, 0.4) is 0 Å². The van der Waals surface area contributed by atoms with Crippen LogP contribution in [0.1, 0.15) is 13.8 Å². The number of sulfonamides is 1. The third-order valence-electron chi connectivity index (χ3n) is 2.73. The van der Waals surface area contributed by atoms with Crippen molar-refractivity contribution in [1.82, 2.24) is 14.9 Å². The molecule has 0 atom stereocenters. The molecule has 1 amide bonds. The van der Waals surface area contributed by atoms with Crippen LogP contribution in [-0.4, -0.2) is 50.4 Å². The lowest BCUT2D eigenvalue weighted by Gasteiger charge is -2.14. The summed E-state index contributed by atoms with van der Waals surface area (Å²) in [4.78, 5) is 11.7. The van der Waals surface area contributed by atoms with Crippen molar-refractivity contribution in [2.75, 3.05) is 26.0 Å². The van der Waals surface area contributed by atoms with Crippen LogP contribution in [0.4, 0.5) is 5.69 Å². The SMILES string of the molecule is CC(C)NC(=O)CNC(=S)Nc1cccc(S(=O)(=O)N(C)C)c1. The first-order valence-electron chi connectivity index (χ1n) is 6.99. The van der Waals surface area contributed by atoms with Gasteiger partial charge in [0.1, 0.15) is 0 Å². The third-order valence-corrected chi connectivity index (χ3v) is 4.79. The van der Waals surface area contributed by atoms with Gasteiger partial charge in [-0.05, 0) is 44.3 Å². The quantitative estimate of drug-likeness (QED) is 0.650. The molecule has 0 heterocycles. The summed E-state index contributed by atoms with van der Waals surface area (Å²) in [5.74, 6) is -0.173. The second kappa shape index (κ2) is 8.23. The average Bonchev–Trinajstić information content (AvgIpc) is 2.44. The van der Waals surface area contributed by atoms with Crippen molar-refractivity contribution in [3.8, 4) is 0 Å². The molecule has 0 saturated heterocycles. The number of carbonyl (C=O) groups is 1. The van der Waals surface area contributed by atoms with Crippen molar-refractivity contribution in [1.29, 1.82) is 0 Å². The first kappa shape index (κ1) is 19.3. The maximum Gasteiger partial charge on any atom is 0.242 e. The van der Waals surface area contributed by atoms with E-state index in [9.17, 15) is 13.2 Å². The summed E-state index contributed by atoms with van der Waals surface area (Å²) in [7, 11) is -0.574. The van der Waals surface area contributed by atoms with Crippen LogP contribution >= 0.6 is 12.2 Å². The lowest BCUT2D eigenvalue weighted by atomic mass is 10.3. The van der Waals surface area contributed by atoms with E-state index in [1.807, 2.05) is 13.8 Å². The Hall–Kier alpha value is -1.71. The molecule has 1 rings (SSSR count). The number of rotatable bonds is 6. The van der Waals surface area contributed by atoms with Crippen LogP contribution in [0.15, 0.2) is 29.2 Å². The minimum absolute atomic E-state index is 0.0414. The molecule has 9 heteroatoms. The smallest absolute Gasteiger partial charge is 0.242 e. The Labute approximate surface area is 142 Å². The Morgan fingerprint density at radius 3 is 2.52 bits per heavy atom. The van der Waals surface area contributed by atoms with Gasteiger partial charge in [-0.15, -0.1) is 0 Å². The highest BCUT2D eigenvalue weighted by molar-refractivity contribution is 7.89. The predicted octanol–water partition coefficient (Wildman–Crippen LogP) is 0.748. The summed E-state index contributed by atoms with van der Waals surface area (Å²) in [6, 6.07) is 6.35. The number of amides is 1. The maximum atomic E-state index is 12.1. The van der Waals surface area contributed by atoms with Gasteiger partial charge in [0.2, 0.25) is 15.9 Å². The molecule has 0 aliphatic carbocycles. The first-order chi connectivity index (χ1) is 10.6. The molecule has 0 aliphatic rings. The van der Waals surface area contributed by atoms with E-state index in [0.29, 0.717) is 5.69 Å². The molecule has 1 aromatic rings. The number of hydrogen-bond acceptors (Lipinski definition) is 4. The zero-order chi connectivity index (χ0) is 17.6. The van der Waals surface area contributed by atoms with E-state index in [1.165, 1.54) is 26.2 Å². The van der Waals surface area contributed by atoms with Gasteiger partial charge < -0.3 is 16.0 Å². The average molecular weight is 358 g/mol. The standard InChI is InChI=1S/C14H22N4O3S2/c1-10(2)16-13(19)9-15-14(22)17-11-6-5-7-12(8-11)23(20,21)18(3)4/h5-8,10H,9H2,1-4H3,(H,16,19)(H2,15,17,22). The number of benzene rings is 1. The summed E-state index contributed by atoms with van der Waals surface area (Å²) in [6.07, 6.45) is 0. The molecule has 0 aliphatic heterocycles. The summed E-state index contributed by atoms with van der Waals surface area (Å²) in [5.41, 5.74) is 0.523. The molecule has 1 aromatic carbocycles. The molecule has 7 nitrogen and oxygen atoms in total. The van der Waals surface area contributed by atoms with Crippen LogP contribution in [-0.2, 0) is 14.8 Å². The highest BCUT2D eigenvalue weighted by atomic mass is 32.2. The monoisotopic (exact) mass is 358 g/mol. The first-order valence-corrected chi connectivity index (χ1v) is 8.84. The molecule has 0 bridgehead atoms. The lowest BCUT2D eigenvalue weighted by Crippen LogP contribution is -2.41. The van der Waals surface area contributed by atoms with Crippen LogP contribution in [0.25, 0.3) is 0 Å². The summed E-state index contributed by atoms with van der Waals surface area (Å²) in [6.45, 7) is 3.77. The molecule has 0 radical (unpaired) electrons. The molecular formula is C14H22N4O3S2. The molecule has 0 spiro atoms. The third kappa shape index (κ3) is 6.12. The number of thiocarbonyl (C=S) groups is 1.